The van der Waals surface area contributed by atoms with Crippen LogP contribution < -0.4 is 10.6 Å². The monoisotopic (exact) mass is 440 g/mol. The Kier molecular flexibility index (Phi) is 9.70. The SMILES string of the molecule is COCCCNC(=O)CN(C)CCC(=O)Nc1cccc(S(=O)(=O)N2CCCC2)c1. The highest BCUT2D eigenvalue weighted by Gasteiger charge is 2.27. The summed E-state index contributed by atoms with van der Waals surface area (Å²) in [5, 5.41) is 5.54. The molecule has 0 aliphatic carbocycles. The van der Waals surface area contributed by atoms with E-state index in [9.17, 15) is 18.0 Å². The van der Waals surface area contributed by atoms with Crippen LogP contribution >= 0.6 is 0 Å². The summed E-state index contributed by atoms with van der Waals surface area (Å²) in [4.78, 5) is 26.0. The molecule has 1 saturated heterocycles. The molecule has 0 atom stereocenters. The van der Waals surface area contributed by atoms with Crippen LogP contribution in [0.15, 0.2) is 29.2 Å². The summed E-state index contributed by atoms with van der Waals surface area (Å²) >= 11 is 0. The Morgan fingerprint density at radius 1 is 1.20 bits per heavy atom. The van der Waals surface area contributed by atoms with E-state index >= 15 is 0 Å². The van der Waals surface area contributed by atoms with Gasteiger partial charge in [0.1, 0.15) is 0 Å². The third kappa shape index (κ3) is 7.67. The van der Waals surface area contributed by atoms with Crippen molar-refractivity contribution in [1.82, 2.24) is 14.5 Å². The van der Waals surface area contributed by atoms with Gasteiger partial charge in [0, 0.05) is 52.0 Å². The van der Waals surface area contributed by atoms with Gasteiger partial charge in [-0.1, -0.05) is 6.07 Å². The van der Waals surface area contributed by atoms with E-state index in [4.69, 9.17) is 4.74 Å². The maximum Gasteiger partial charge on any atom is 0.243 e. The molecule has 30 heavy (non-hydrogen) atoms. The molecule has 0 radical (unpaired) electrons. The molecule has 0 saturated carbocycles. The normalized spacial score (nSPS) is 14.8. The van der Waals surface area contributed by atoms with E-state index in [-0.39, 0.29) is 29.7 Å². The lowest BCUT2D eigenvalue weighted by Gasteiger charge is -2.17. The van der Waals surface area contributed by atoms with Crippen LogP contribution in [0.1, 0.15) is 25.7 Å². The Bertz CT molecular complexity index is 809. The molecular formula is C20H32N4O5S. The average Bonchev–Trinajstić information content (AvgIpc) is 3.26. The van der Waals surface area contributed by atoms with Gasteiger partial charge in [0.25, 0.3) is 0 Å². The Morgan fingerprint density at radius 2 is 1.93 bits per heavy atom. The van der Waals surface area contributed by atoms with Crippen molar-refractivity contribution in [3.63, 3.8) is 0 Å². The van der Waals surface area contributed by atoms with Gasteiger partial charge < -0.3 is 15.4 Å². The number of likely N-dealkylation sites (N-methyl/N-ethyl adjacent to an activating group) is 1. The van der Waals surface area contributed by atoms with E-state index in [0.717, 1.165) is 19.3 Å². The number of anilines is 1. The second kappa shape index (κ2) is 12.0. The zero-order valence-corrected chi connectivity index (χ0v) is 18.5. The molecule has 2 N–H and O–H groups in total. The minimum atomic E-state index is -3.53. The molecule has 2 rings (SSSR count). The van der Waals surface area contributed by atoms with Crippen molar-refractivity contribution < 1.29 is 22.7 Å². The summed E-state index contributed by atoms with van der Waals surface area (Å²) in [5.41, 5.74) is 0.443. The molecular weight excluding hydrogens is 408 g/mol. The predicted molar refractivity (Wildman–Crippen MR) is 115 cm³/mol. The van der Waals surface area contributed by atoms with E-state index in [0.29, 0.717) is 38.5 Å². The fraction of sp³-hybridized carbons (Fsp3) is 0.600. The van der Waals surface area contributed by atoms with E-state index in [2.05, 4.69) is 10.6 Å². The van der Waals surface area contributed by atoms with Crippen molar-refractivity contribution in [2.75, 3.05) is 58.8 Å². The van der Waals surface area contributed by atoms with Crippen molar-refractivity contribution in [3.05, 3.63) is 24.3 Å². The molecule has 0 bridgehead atoms. The van der Waals surface area contributed by atoms with E-state index < -0.39 is 10.0 Å². The molecule has 1 aliphatic heterocycles. The third-order valence-corrected chi connectivity index (χ3v) is 6.70. The van der Waals surface area contributed by atoms with Crippen LogP contribution in [0.25, 0.3) is 0 Å². The second-order valence-electron chi connectivity index (χ2n) is 7.37. The molecule has 1 aliphatic rings. The third-order valence-electron chi connectivity index (χ3n) is 4.80. The Labute approximate surface area is 178 Å². The molecule has 1 aromatic rings. The first-order valence-corrected chi connectivity index (χ1v) is 11.6. The zero-order valence-electron chi connectivity index (χ0n) is 17.7. The summed E-state index contributed by atoms with van der Waals surface area (Å²) in [6, 6.07) is 6.32. The van der Waals surface area contributed by atoms with Gasteiger partial charge in [-0.05, 0) is 44.5 Å². The number of amides is 2. The van der Waals surface area contributed by atoms with Gasteiger partial charge in [-0.3, -0.25) is 14.5 Å². The standard InChI is InChI=1S/C20H32N4O5S/c1-23(16-20(26)21-10-6-14-29-2)13-9-19(25)22-17-7-5-8-18(15-17)30(27,28)24-11-3-4-12-24/h5,7-8,15H,3-4,6,9-14,16H2,1-2H3,(H,21,26)(H,22,25). The maximum absolute atomic E-state index is 12.7. The van der Waals surface area contributed by atoms with E-state index in [1.54, 1.807) is 37.3 Å². The van der Waals surface area contributed by atoms with Crippen LogP contribution in [0.3, 0.4) is 0 Å². The second-order valence-corrected chi connectivity index (χ2v) is 9.31. The van der Waals surface area contributed by atoms with Crippen LogP contribution in [-0.2, 0) is 24.3 Å². The van der Waals surface area contributed by atoms with Crippen molar-refractivity contribution in [2.24, 2.45) is 0 Å². The van der Waals surface area contributed by atoms with Crippen molar-refractivity contribution in [1.29, 1.82) is 0 Å². The van der Waals surface area contributed by atoms with Gasteiger partial charge in [0.2, 0.25) is 21.8 Å². The largest absolute Gasteiger partial charge is 0.385 e. The Hall–Kier alpha value is -2.01. The number of sulfonamides is 1. The zero-order chi connectivity index (χ0) is 22.0. The van der Waals surface area contributed by atoms with Gasteiger partial charge in [-0.25, -0.2) is 8.42 Å². The maximum atomic E-state index is 12.7. The number of hydrogen-bond donors (Lipinski definition) is 2. The van der Waals surface area contributed by atoms with Crippen LogP contribution in [0.4, 0.5) is 5.69 Å². The van der Waals surface area contributed by atoms with Gasteiger partial charge in [0.15, 0.2) is 0 Å². The number of ether oxygens (including phenoxy) is 1. The van der Waals surface area contributed by atoms with Gasteiger partial charge in [-0.2, -0.15) is 4.31 Å². The van der Waals surface area contributed by atoms with E-state index in [1.807, 2.05) is 0 Å². The molecule has 0 unspecified atom stereocenters. The number of nitrogens with one attached hydrogen (secondary N) is 2. The van der Waals surface area contributed by atoms with Gasteiger partial charge in [0.05, 0.1) is 11.4 Å². The average molecular weight is 441 g/mol. The van der Waals surface area contributed by atoms with Crippen LogP contribution in [0, 0.1) is 0 Å². The number of benzene rings is 1. The fourth-order valence-electron chi connectivity index (χ4n) is 3.15. The summed E-state index contributed by atoms with van der Waals surface area (Å²) in [5.74, 6) is -0.341. The molecule has 2 amide bonds. The smallest absolute Gasteiger partial charge is 0.243 e. The van der Waals surface area contributed by atoms with Crippen LogP contribution in [-0.4, -0.2) is 82.9 Å². The quantitative estimate of drug-likeness (QED) is 0.467. The van der Waals surface area contributed by atoms with E-state index in [1.165, 1.54) is 10.4 Å². The van der Waals surface area contributed by atoms with Crippen molar-refractivity contribution in [3.8, 4) is 0 Å². The number of carbonyl (C=O) groups is 2. The molecule has 1 fully saturated rings. The van der Waals surface area contributed by atoms with Crippen LogP contribution in [0.2, 0.25) is 0 Å². The number of hydrogen-bond acceptors (Lipinski definition) is 6. The minimum Gasteiger partial charge on any atom is -0.385 e. The molecule has 0 spiro atoms. The minimum absolute atomic E-state index is 0.103. The lowest BCUT2D eigenvalue weighted by Crippen LogP contribution is -2.37. The molecule has 0 aromatic heterocycles. The van der Waals surface area contributed by atoms with Gasteiger partial charge >= 0.3 is 0 Å². The number of carbonyl (C=O) groups excluding carboxylic acids is 2. The Morgan fingerprint density at radius 3 is 2.63 bits per heavy atom. The lowest BCUT2D eigenvalue weighted by molar-refractivity contribution is -0.122. The predicted octanol–water partition coefficient (Wildman–Crippen LogP) is 0.884. The summed E-state index contributed by atoms with van der Waals surface area (Å²) in [6.45, 7) is 2.82. The fourth-order valence-corrected chi connectivity index (χ4v) is 4.72. The van der Waals surface area contributed by atoms with Crippen LogP contribution in [0.5, 0.6) is 0 Å². The molecule has 168 valence electrons. The highest BCUT2D eigenvalue weighted by atomic mass is 32.2. The highest BCUT2D eigenvalue weighted by Crippen LogP contribution is 2.23. The summed E-state index contributed by atoms with van der Waals surface area (Å²) < 4.78 is 31.7. The highest BCUT2D eigenvalue weighted by molar-refractivity contribution is 7.89. The van der Waals surface area contributed by atoms with Crippen molar-refractivity contribution in [2.45, 2.75) is 30.6 Å². The Balaban J connectivity index is 1.79. The number of methoxy groups -OCH3 is 1. The first-order chi connectivity index (χ1) is 14.3. The summed E-state index contributed by atoms with van der Waals surface area (Å²) in [7, 11) is -0.143. The molecule has 10 heteroatoms. The topological polar surface area (TPSA) is 108 Å². The number of nitrogens with zero attached hydrogens (tertiary/aromatic N) is 2. The first kappa shape index (κ1) is 24.3. The van der Waals surface area contributed by atoms with Crippen molar-refractivity contribution >= 4 is 27.5 Å². The molecule has 1 heterocycles. The molecule has 1 aromatic carbocycles. The lowest BCUT2D eigenvalue weighted by atomic mass is 10.3. The first-order valence-electron chi connectivity index (χ1n) is 10.2. The van der Waals surface area contributed by atoms with Gasteiger partial charge in [-0.15, -0.1) is 0 Å². The molecule has 9 nitrogen and oxygen atoms in total. The number of rotatable bonds is 12. The summed E-state index contributed by atoms with van der Waals surface area (Å²) in [6.07, 6.45) is 2.68.